The third-order valence-corrected chi connectivity index (χ3v) is 3.46. The number of carbonyl (C=O) groups excluding carboxylic acids is 1. The molecule has 1 aromatic carbocycles. The van der Waals surface area contributed by atoms with Gasteiger partial charge in [-0.15, -0.1) is 0 Å². The van der Waals surface area contributed by atoms with Gasteiger partial charge in [0.25, 0.3) is 5.91 Å². The Balaban J connectivity index is 2.34. The Morgan fingerprint density at radius 2 is 2.22 bits per heavy atom. The fourth-order valence-corrected chi connectivity index (χ4v) is 2.23. The highest BCUT2D eigenvalue weighted by molar-refractivity contribution is 7.99. The fourth-order valence-electron chi connectivity index (χ4n) is 1.27. The topological polar surface area (TPSA) is 49.3 Å². The van der Waals surface area contributed by atoms with Crippen LogP contribution in [0.1, 0.15) is 16.8 Å². The van der Waals surface area contributed by atoms with E-state index in [-0.39, 0.29) is 12.2 Å². The summed E-state index contributed by atoms with van der Waals surface area (Å²) >= 11 is 7.33. The van der Waals surface area contributed by atoms with E-state index in [0.29, 0.717) is 11.6 Å². The molecule has 1 amide bonds. The van der Waals surface area contributed by atoms with Crippen molar-refractivity contribution in [2.45, 2.75) is 6.42 Å². The number of carbonyl (C=O) groups is 1. The number of hydrogen-bond donors (Lipinski definition) is 2. The first kappa shape index (κ1) is 15.3. The maximum absolute atomic E-state index is 13.3. The highest BCUT2D eigenvalue weighted by Crippen LogP contribution is 2.14. The molecule has 0 spiro atoms. The van der Waals surface area contributed by atoms with Crippen molar-refractivity contribution in [2.75, 3.05) is 24.7 Å². The van der Waals surface area contributed by atoms with Crippen molar-refractivity contribution >= 4 is 29.3 Å². The van der Waals surface area contributed by atoms with Crippen molar-refractivity contribution in [3.63, 3.8) is 0 Å². The van der Waals surface area contributed by atoms with E-state index in [1.807, 2.05) is 0 Å². The molecule has 6 heteroatoms. The molecule has 0 aliphatic rings. The van der Waals surface area contributed by atoms with Gasteiger partial charge in [0, 0.05) is 23.9 Å². The molecule has 1 rings (SSSR count). The predicted octanol–water partition coefficient (Wildman–Crippen LogP) is 2.32. The summed E-state index contributed by atoms with van der Waals surface area (Å²) in [5.74, 6) is 0.536. The van der Waals surface area contributed by atoms with Gasteiger partial charge in [-0.3, -0.25) is 4.79 Å². The molecule has 100 valence electrons. The first-order chi connectivity index (χ1) is 8.65. The first-order valence-electron chi connectivity index (χ1n) is 5.57. The maximum atomic E-state index is 13.3. The largest absolute Gasteiger partial charge is 0.396 e. The molecule has 0 saturated heterocycles. The number of benzene rings is 1. The normalized spacial score (nSPS) is 10.4. The summed E-state index contributed by atoms with van der Waals surface area (Å²) in [5, 5.41) is 11.5. The number of rotatable bonds is 7. The second-order valence-electron chi connectivity index (χ2n) is 3.57. The van der Waals surface area contributed by atoms with Crippen molar-refractivity contribution in [3.05, 3.63) is 34.6 Å². The standard InChI is InChI=1S/C12H15ClFNO2S/c13-9-2-3-11(14)10(8-9)12(17)15-4-7-18-6-1-5-16/h2-3,8,16H,1,4-7H2,(H,15,17). The van der Waals surface area contributed by atoms with Gasteiger partial charge >= 0.3 is 0 Å². The van der Waals surface area contributed by atoms with Crippen LogP contribution in [0.15, 0.2) is 18.2 Å². The number of amides is 1. The molecule has 3 nitrogen and oxygen atoms in total. The number of thioether (sulfide) groups is 1. The monoisotopic (exact) mass is 291 g/mol. The van der Waals surface area contributed by atoms with Crippen molar-refractivity contribution < 1.29 is 14.3 Å². The van der Waals surface area contributed by atoms with Gasteiger partial charge in [0.15, 0.2) is 0 Å². The Bertz CT molecular complexity index is 404. The van der Waals surface area contributed by atoms with Crippen LogP contribution in [0.3, 0.4) is 0 Å². The van der Waals surface area contributed by atoms with Crippen LogP contribution in [0.5, 0.6) is 0 Å². The number of halogens is 2. The van der Waals surface area contributed by atoms with Gasteiger partial charge in [0.05, 0.1) is 5.56 Å². The Labute approximate surface area is 115 Å². The average molecular weight is 292 g/mol. The smallest absolute Gasteiger partial charge is 0.254 e. The summed E-state index contributed by atoms with van der Waals surface area (Å²) in [7, 11) is 0. The molecule has 0 heterocycles. The van der Waals surface area contributed by atoms with Crippen LogP contribution in [-0.4, -0.2) is 35.7 Å². The minimum atomic E-state index is -0.579. The summed E-state index contributed by atoms with van der Waals surface area (Å²) in [6.45, 7) is 0.633. The number of hydrogen-bond acceptors (Lipinski definition) is 3. The molecule has 0 unspecified atom stereocenters. The van der Waals surface area contributed by atoms with E-state index in [0.717, 1.165) is 17.9 Å². The van der Waals surface area contributed by atoms with Crippen LogP contribution in [0.2, 0.25) is 5.02 Å². The highest BCUT2D eigenvalue weighted by atomic mass is 35.5. The molecule has 18 heavy (non-hydrogen) atoms. The summed E-state index contributed by atoms with van der Waals surface area (Å²) in [6.07, 6.45) is 0.738. The molecule has 0 atom stereocenters. The summed E-state index contributed by atoms with van der Waals surface area (Å²) in [5.41, 5.74) is -0.0390. The van der Waals surface area contributed by atoms with Crippen LogP contribution < -0.4 is 5.32 Å². The molecule has 2 N–H and O–H groups in total. The predicted molar refractivity (Wildman–Crippen MR) is 72.8 cm³/mol. The summed E-state index contributed by atoms with van der Waals surface area (Å²) < 4.78 is 13.3. The summed E-state index contributed by atoms with van der Waals surface area (Å²) in [6, 6.07) is 3.89. The van der Waals surface area contributed by atoms with Gasteiger partial charge in [0.1, 0.15) is 5.82 Å². The first-order valence-corrected chi connectivity index (χ1v) is 7.10. The lowest BCUT2D eigenvalue weighted by molar-refractivity contribution is 0.0952. The zero-order valence-corrected chi connectivity index (χ0v) is 11.4. The third kappa shape index (κ3) is 5.25. The average Bonchev–Trinajstić information content (AvgIpc) is 2.36. The van der Waals surface area contributed by atoms with Crippen molar-refractivity contribution in [3.8, 4) is 0 Å². The second-order valence-corrected chi connectivity index (χ2v) is 5.23. The van der Waals surface area contributed by atoms with Gasteiger partial charge in [0.2, 0.25) is 0 Å². The van der Waals surface area contributed by atoms with Crippen LogP contribution in [-0.2, 0) is 0 Å². The Morgan fingerprint density at radius 1 is 1.44 bits per heavy atom. The molecular formula is C12H15ClFNO2S. The number of aliphatic hydroxyl groups excluding tert-OH is 1. The van der Waals surface area contributed by atoms with Crippen LogP contribution in [0, 0.1) is 5.82 Å². The highest BCUT2D eigenvalue weighted by Gasteiger charge is 2.11. The van der Waals surface area contributed by atoms with Gasteiger partial charge in [-0.1, -0.05) is 11.6 Å². The van der Waals surface area contributed by atoms with Gasteiger partial charge in [-0.2, -0.15) is 11.8 Å². The fraction of sp³-hybridized carbons (Fsp3) is 0.417. The molecule has 0 radical (unpaired) electrons. The number of aliphatic hydroxyl groups is 1. The Morgan fingerprint density at radius 3 is 2.94 bits per heavy atom. The molecule has 0 saturated carbocycles. The van der Waals surface area contributed by atoms with E-state index < -0.39 is 11.7 Å². The Kier molecular flexibility index (Phi) is 7.08. The van der Waals surface area contributed by atoms with E-state index in [9.17, 15) is 9.18 Å². The van der Waals surface area contributed by atoms with Gasteiger partial charge in [-0.25, -0.2) is 4.39 Å². The van der Waals surface area contributed by atoms with Gasteiger partial charge in [-0.05, 0) is 30.4 Å². The SMILES string of the molecule is O=C(NCCSCCCO)c1cc(Cl)ccc1F. The minimum absolute atomic E-state index is 0.0390. The van der Waals surface area contributed by atoms with Crippen molar-refractivity contribution in [2.24, 2.45) is 0 Å². The lowest BCUT2D eigenvalue weighted by atomic mass is 10.2. The maximum Gasteiger partial charge on any atom is 0.254 e. The van der Waals surface area contributed by atoms with Crippen molar-refractivity contribution in [1.82, 2.24) is 5.32 Å². The third-order valence-electron chi connectivity index (χ3n) is 2.15. The molecule has 0 bridgehead atoms. The van der Waals surface area contributed by atoms with Crippen LogP contribution in [0.4, 0.5) is 4.39 Å². The molecule has 0 aliphatic heterocycles. The lowest BCUT2D eigenvalue weighted by Crippen LogP contribution is -2.26. The minimum Gasteiger partial charge on any atom is -0.396 e. The lowest BCUT2D eigenvalue weighted by Gasteiger charge is -2.06. The molecular weight excluding hydrogens is 277 g/mol. The van der Waals surface area contributed by atoms with E-state index in [1.54, 1.807) is 11.8 Å². The summed E-state index contributed by atoms with van der Waals surface area (Å²) in [4.78, 5) is 11.6. The van der Waals surface area contributed by atoms with Crippen molar-refractivity contribution in [1.29, 1.82) is 0 Å². The molecule has 1 aromatic rings. The molecule has 0 aromatic heterocycles. The van der Waals surface area contributed by atoms with E-state index in [2.05, 4.69) is 5.32 Å². The van der Waals surface area contributed by atoms with E-state index >= 15 is 0 Å². The quantitative estimate of drug-likeness (QED) is 0.758. The second kappa shape index (κ2) is 8.34. The van der Waals surface area contributed by atoms with Crippen LogP contribution in [0.25, 0.3) is 0 Å². The molecule has 0 aliphatic carbocycles. The van der Waals surface area contributed by atoms with E-state index in [1.165, 1.54) is 18.2 Å². The number of nitrogens with one attached hydrogen (secondary N) is 1. The van der Waals surface area contributed by atoms with Gasteiger partial charge < -0.3 is 10.4 Å². The Hall–Kier alpha value is -0.780. The zero-order valence-electron chi connectivity index (χ0n) is 9.79. The molecule has 0 fully saturated rings. The van der Waals surface area contributed by atoms with E-state index in [4.69, 9.17) is 16.7 Å². The van der Waals surface area contributed by atoms with Crippen LogP contribution >= 0.6 is 23.4 Å². The zero-order chi connectivity index (χ0) is 13.4.